The molecule has 0 spiro atoms. The molecule has 1 fully saturated rings. The van der Waals surface area contributed by atoms with Crippen LogP contribution in [0.2, 0.25) is 0 Å². The summed E-state index contributed by atoms with van der Waals surface area (Å²) in [6.07, 6.45) is 1.47. The number of nitrogens with one attached hydrogen (secondary N) is 1. The fourth-order valence-corrected chi connectivity index (χ4v) is 2.70. The maximum Gasteiger partial charge on any atom is 0.325 e. The van der Waals surface area contributed by atoms with Crippen LogP contribution in [0.5, 0.6) is 0 Å². The molecule has 1 aliphatic heterocycles. The Morgan fingerprint density at radius 1 is 1.33 bits per heavy atom. The number of halogens is 1. The summed E-state index contributed by atoms with van der Waals surface area (Å²) in [5, 5.41) is 6.32. The van der Waals surface area contributed by atoms with E-state index < -0.39 is 23.3 Å². The first-order valence-corrected chi connectivity index (χ1v) is 7.66. The molecule has 3 rings (SSSR count). The second-order valence-corrected chi connectivity index (χ2v) is 5.78. The van der Waals surface area contributed by atoms with E-state index in [0.717, 1.165) is 11.3 Å². The summed E-state index contributed by atoms with van der Waals surface area (Å²) < 4.78 is 19.1. The van der Waals surface area contributed by atoms with E-state index in [2.05, 4.69) is 15.5 Å². The molecule has 1 atom stereocenters. The summed E-state index contributed by atoms with van der Waals surface area (Å²) in [6, 6.07) is 5.24. The first kappa shape index (κ1) is 16.1. The van der Waals surface area contributed by atoms with Crippen molar-refractivity contribution in [3.63, 3.8) is 0 Å². The summed E-state index contributed by atoms with van der Waals surface area (Å²) in [7, 11) is 0. The molecular formula is C16H17FN4O3. The van der Waals surface area contributed by atoms with Gasteiger partial charge in [0.1, 0.15) is 11.4 Å². The predicted octanol–water partition coefficient (Wildman–Crippen LogP) is 2.13. The lowest BCUT2D eigenvalue weighted by molar-refractivity contribution is -0.131. The topological polar surface area (TPSA) is 88.3 Å². The van der Waals surface area contributed by atoms with E-state index in [1.165, 1.54) is 25.1 Å². The lowest BCUT2D eigenvalue weighted by atomic mass is 9.91. The highest BCUT2D eigenvalue weighted by Crippen LogP contribution is 2.31. The summed E-state index contributed by atoms with van der Waals surface area (Å²) in [5.41, 5.74) is -1.34. The predicted molar refractivity (Wildman–Crippen MR) is 81.1 cm³/mol. The van der Waals surface area contributed by atoms with Crippen LogP contribution in [-0.4, -0.2) is 27.0 Å². The smallest absolute Gasteiger partial charge is 0.325 e. The zero-order chi connectivity index (χ0) is 17.3. The Morgan fingerprint density at radius 3 is 2.79 bits per heavy atom. The normalized spacial score (nSPS) is 20.5. The van der Waals surface area contributed by atoms with Crippen LogP contribution in [-0.2, 0) is 23.3 Å². The molecule has 1 aliphatic rings. The first-order valence-electron chi connectivity index (χ1n) is 7.66. The molecule has 0 bridgehead atoms. The quantitative estimate of drug-likeness (QED) is 0.847. The van der Waals surface area contributed by atoms with Crippen molar-refractivity contribution in [3.8, 4) is 0 Å². The number of hydrogen-bond donors (Lipinski definition) is 1. The van der Waals surface area contributed by atoms with Crippen molar-refractivity contribution in [2.45, 2.75) is 38.8 Å². The average molecular weight is 332 g/mol. The maximum absolute atomic E-state index is 14.1. The van der Waals surface area contributed by atoms with Gasteiger partial charge in [0.05, 0.1) is 6.54 Å². The Hall–Kier alpha value is -2.77. The fraction of sp³-hybridized carbons (Fsp3) is 0.375. The third kappa shape index (κ3) is 2.64. The van der Waals surface area contributed by atoms with Crippen LogP contribution in [0, 0.1) is 5.82 Å². The molecule has 8 heteroatoms. The molecule has 0 unspecified atom stereocenters. The molecule has 1 aromatic carbocycles. The lowest BCUT2D eigenvalue weighted by Gasteiger charge is -2.22. The van der Waals surface area contributed by atoms with Gasteiger partial charge in [-0.3, -0.25) is 9.69 Å². The highest BCUT2D eigenvalue weighted by Gasteiger charge is 2.50. The molecule has 0 radical (unpaired) electrons. The van der Waals surface area contributed by atoms with Gasteiger partial charge in [0, 0.05) is 12.0 Å². The van der Waals surface area contributed by atoms with Gasteiger partial charge in [-0.25, -0.2) is 9.18 Å². The zero-order valence-electron chi connectivity index (χ0n) is 13.4. The molecule has 1 aromatic heterocycles. The van der Waals surface area contributed by atoms with Crippen LogP contribution >= 0.6 is 0 Å². The molecule has 3 amide bonds. The number of amides is 3. The standard InChI is InChI=1S/C16H17FN4O3/c1-3-6-13-18-12(20-24-13)9-21-14(22)16(2,19-15(21)23)10-7-4-5-8-11(10)17/h4-5,7-8H,3,6,9H2,1-2H3,(H,19,23)/t16-/m0/s1. The number of urea groups is 1. The van der Waals surface area contributed by atoms with Crippen molar-refractivity contribution in [2.75, 3.05) is 0 Å². The molecule has 0 saturated carbocycles. The molecule has 126 valence electrons. The number of benzene rings is 1. The van der Waals surface area contributed by atoms with Gasteiger partial charge in [-0.05, 0) is 19.4 Å². The third-order valence-electron chi connectivity index (χ3n) is 3.96. The van der Waals surface area contributed by atoms with Gasteiger partial charge < -0.3 is 9.84 Å². The van der Waals surface area contributed by atoms with E-state index in [0.29, 0.717) is 12.3 Å². The SMILES string of the molecule is CCCc1nc(CN2C(=O)N[C@@](C)(c3ccccc3F)C2=O)no1. The Morgan fingerprint density at radius 2 is 2.08 bits per heavy atom. The van der Waals surface area contributed by atoms with Crippen LogP contribution in [0.3, 0.4) is 0 Å². The van der Waals surface area contributed by atoms with Gasteiger partial charge in [0.15, 0.2) is 5.82 Å². The van der Waals surface area contributed by atoms with E-state index in [1.54, 1.807) is 6.07 Å². The monoisotopic (exact) mass is 332 g/mol. The maximum atomic E-state index is 14.1. The van der Waals surface area contributed by atoms with Crippen molar-refractivity contribution in [1.82, 2.24) is 20.4 Å². The average Bonchev–Trinajstić information content (AvgIpc) is 3.07. The van der Waals surface area contributed by atoms with E-state index in [-0.39, 0.29) is 17.9 Å². The molecule has 2 heterocycles. The zero-order valence-corrected chi connectivity index (χ0v) is 13.4. The lowest BCUT2D eigenvalue weighted by Crippen LogP contribution is -2.41. The molecule has 2 aromatic rings. The van der Waals surface area contributed by atoms with Crippen LogP contribution in [0.1, 0.15) is 37.5 Å². The summed E-state index contributed by atoms with van der Waals surface area (Å²) >= 11 is 0. The minimum absolute atomic E-state index is 0.116. The van der Waals surface area contributed by atoms with Crippen LogP contribution < -0.4 is 5.32 Å². The number of rotatable bonds is 5. The van der Waals surface area contributed by atoms with E-state index >= 15 is 0 Å². The van der Waals surface area contributed by atoms with Crippen molar-refractivity contribution in [3.05, 3.63) is 47.4 Å². The summed E-state index contributed by atoms with van der Waals surface area (Å²) in [5.74, 6) is -0.420. The number of hydrogen-bond acceptors (Lipinski definition) is 5. The van der Waals surface area contributed by atoms with E-state index in [9.17, 15) is 14.0 Å². The third-order valence-corrected chi connectivity index (χ3v) is 3.96. The highest BCUT2D eigenvalue weighted by atomic mass is 19.1. The number of aromatic nitrogens is 2. The highest BCUT2D eigenvalue weighted by molar-refractivity contribution is 6.07. The first-order chi connectivity index (χ1) is 11.5. The van der Waals surface area contributed by atoms with E-state index in [1.807, 2.05) is 6.92 Å². The number of imide groups is 1. The molecule has 7 nitrogen and oxygen atoms in total. The number of aryl methyl sites for hydroxylation is 1. The summed E-state index contributed by atoms with van der Waals surface area (Å²) in [4.78, 5) is 30.0. The van der Waals surface area contributed by atoms with Gasteiger partial charge >= 0.3 is 6.03 Å². The molecule has 1 N–H and O–H groups in total. The van der Waals surface area contributed by atoms with E-state index in [4.69, 9.17) is 4.52 Å². The Bertz CT molecular complexity index is 791. The Balaban J connectivity index is 1.85. The van der Waals surface area contributed by atoms with Gasteiger partial charge in [-0.15, -0.1) is 0 Å². The van der Waals surface area contributed by atoms with Gasteiger partial charge in [0.2, 0.25) is 5.89 Å². The largest absolute Gasteiger partial charge is 0.339 e. The Kier molecular flexibility index (Phi) is 4.04. The number of nitrogens with zero attached hydrogens (tertiary/aromatic N) is 3. The summed E-state index contributed by atoms with van der Waals surface area (Å²) in [6.45, 7) is 3.33. The number of carbonyl (C=O) groups is 2. The van der Waals surface area contributed by atoms with Gasteiger partial charge in [-0.1, -0.05) is 30.3 Å². The Labute approximate surface area is 137 Å². The van der Waals surface area contributed by atoms with Crippen molar-refractivity contribution in [1.29, 1.82) is 0 Å². The van der Waals surface area contributed by atoms with Gasteiger partial charge in [-0.2, -0.15) is 4.98 Å². The molecule has 1 saturated heterocycles. The molecular weight excluding hydrogens is 315 g/mol. The minimum Gasteiger partial charge on any atom is -0.339 e. The molecule has 0 aliphatic carbocycles. The van der Waals surface area contributed by atoms with Crippen LogP contribution in [0.25, 0.3) is 0 Å². The second-order valence-electron chi connectivity index (χ2n) is 5.78. The number of carbonyl (C=O) groups excluding carboxylic acids is 2. The fourth-order valence-electron chi connectivity index (χ4n) is 2.70. The van der Waals surface area contributed by atoms with Gasteiger partial charge in [0.25, 0.3) is 5.91 Å². The second kappa shape index (κ2) is 6.03. The van der Waals surface area contributed by atoms with Crippen molar-refractivity contribution < 1.29 is 18.5 Å². The van der Waals surface area contributed by atoms with Crippen LogP contribution in [0.15, 0.2) is 28.8 Å². The van der Waals surface area contributed by atoms with Crippen LogP contribution in [0.4, 0.5) is 9.18 Å². The van der Waals surface area contributed by atoms with Crippen molar-refractivity contribution in [2.24, 2.45) is 0 Å². The van der Waals surface area contributed by atoms with Crippen molar-refractivity contribution >= 4 is 11.9 Å². The molecule has 24 heavy (non-hydrogen) atoms. The minimum atomic E-state index is -1.46.